The monoisotopic (exact) mass is 527 g/mol. The van der Waals surface area contributed by atoms with E-state index in [1.54, 1.807) is 11.7 Å². The molecule has 0 radical (unpaired) electrons. The number of carbonyl (C=O) groups excluding carboxylic acids is 1. The van der Waals surface area contributed by atoms with Crippen molar-refractivity contribution in [3.8, 4) is 11.4 Å². The number of thiophene rings is 1. The zero-order valence-electron chi connectivity index (χ0n) is 21.3. The lowest BCUT2D eigenvalue weighted by molar-refractivity contribution is -0.131. The van der Waals surface area contributed by atoms with Crippen molar-refractivity contribution in [2.45, 2.75) is 69.6 Å². The minimum atomic E-state index is -0.347. The molecule has 1 amide bonds. The van der Waals surface area contributed by atoms with Gasteiger partial charge in [0.25, 0.3) is 5.56 Å². The predicted octanol–water partition coefficient (Wildman–Crippen LogP) is 5.05. The van der Waals surface area contributed by atoms with Crippen LogP contribution >= 0.6 is 23.1 Å². The molecule has 0 spiro atoms. The van der Waals surface area contributed by atoms with E-state index in [2.05, 4.69) is 13.8 Å². The smallest absolute Gasteiger partial charge is 0.267 e. The van der Waals surface area contributed by atoms with E-state index in [0.717, 1.165) is 41.2 Å². The van der Waals surface area contributed by atoms with Gasteiger partial charge in [0.15, 0.2) is 5.16 Å². The molecule has 2 atom stereocenters. The number of carbonyl (C=O) groups is 1. The molecular weight excluding hydrogens is 494 g/mol. The van der Waals surface area contributed by atoms with Crippen LogP contribution in [0, 0.1) is 5.92 Å². The van der Waals surface area contributed by atoms with Crippen LogP contribution in [0.2, 0.25) is 0 Å². The van der Waals surface area contributed by atoms with E-state index in [-0.39, 0.29) is 22.8 Å². The molecule has 36 heavy (non-hydrogen) atoms. The molecule has 2 aromatic heterocycles. The van der Waals surface area contributed by atoms with Gasteiger partial charge in [0, 0.05) is 24.4 Å². The summed E-state index contributed by atoms with van der Waals surface area (Å²) >= 11 is 2.90. The number of aromatic nitrogens is 2. The van der Waals surface area contributed by atoms with E-state index < -0.39 is 0 Å². The lowest BCUT2D eigenvalue weighted by Gasteiger charge is -2.29. The first-order valence-electron chi connectivity index (χ1n) is 12.7. The average Bonchev–Trinajstić information content (AvgIpc) is 3.26. The average molecular weight is 528 g/mol. The van der Waals surface area contributed by atoms with Crippen molar-refractivity contribution in [2.24, 2.45) is 5.92 Å². The number of thioether (sulfide) groups is 1. The molecule has 0 aliphatic carbocycles. The Morgan fingerprint density at radius 2 is 1.89 bits per heavy atom. The summed E-state index contributed by atoms with van der Waals surface area (Å²) in [6, 6.07) is 7.42. The number of amides is 1. The quantitative estimate of drug-likeness (QED) is 0.330. The van der Waals surface area contributed by atoms with Gasteiger partial charge in [-0.3, -0.25) is 14.2 Å². The second-order valence-electron chi connectivity index (χ2n) is 9.86. The molecule has 0 saturated carbocycles. The predicted molar refractivity (Wildman–Crippen MR) is 145 cm³/mol. The Kier molecular flexibility index (Phi) is 7.42. The van der Waals surface area contributed by atoms with Gasteiger partial charge in [0.05, 0.1) is 36.1 Å². The number of benzene rings is 1. The number of hydrogen-bond acceptors (Lipinski definition) is 7. The Labute approximate surface area is 219 Å². The summed E-state index contributed by atoms with van der Waals surface area (Å²) in [5.41, 5.74) is 1.68. The summed E-state index contributed by atoms with van der Waals surface area (Å²) in [7, 11) is 1.62. The zero-order valence-corrected chi connectivity index (χ0v) is 22.9. The number of hydrogen-bond donors (Lipinski definition) is 0. The minimum Gasteiger partial charge on any atom is -0.497 e. The van der Waals surface area contributed by atoms with Gasteiger partial charge in [-0.05, 0) is 61.9 Å². The molecule has 0 unspecified atom stereocenters. The van der Waals surface area contributed by atoms with Gasteiger partial charge in [-0.2, -0.15) is 0 Å². The first kappa shape index (κ1) is 25.3. The number of rotatable bonds is 6. The fraction of sp³-hybridized carbons (Fsp3) is 0.519. The van der Waals surface area contributed by atoms with Gasteiger partial charge in [-0.25, -0.2) is 4.98 Å². The third kappa shape index (κ3) is 4.80. The molecule has 0 bridgehead atoms. The fourth-order valence-electron chi connectivity index (χ4n) is 4.95. The van der Waals surface area contributed by atoms with Gasteiger partial charge < -0.3 is 14.4 Å². The second kappa shape index (κ2) is 10.6. The van der Waals surface area contributed by atoms with Crippen LogP contribution < -0.4 is 10.3 Å². The van der Waals surface area contributed by atoms with Crippen LogP contribution in [0.15, 0.2) is 34.2 Å². The highest BCUT2D eigenvalue weighted by Gasteiger charge is 2.30. The largest absolute Gasteiger partial charge is 0.497 e. The number of ether oxygens (including phenoxy) is 2. The molecule has 1 saturated heterocycles. The highest BCUT2D eigenvalue weighted by molar-refractivity contribution is 8.00. The van der Waals surface area contributed by atoms with Gasteiger partial charge >= 0.3 is 0 Å². The molecule has 5 rings (SSSR count). The van der Waals surface area contributed by atoms with E-state index in [1.807, 2.05) is 36.1 Å². The van der Waals surface area contributed by atoms with Crippen molar-refractivity contribution in [2.75, 3.05) is 20.2 Å². The van der Waals surface area contributed by atoms with Gasteiger partial charge in [0.1, 0.15) is 10.6 Å². The maximum absolute atomic E-state index is 14.1. The topological polar surface area (TPSA) is 73.7 Å². The van der Waals surface area contributed by atoms with Crippen molar-refractivity contribution < 1.29 is 14.3 Å². The molecule has 192 valence electrons. The molecule has 0 N–H and O–H groups in total. The van der Waals surface area contributed by atoms with E-state index in [9.17, 15) is 9.59 Å². The Bertz CT molecular complexity index is 1310. The van der Waals surface area contributed by atoms with Crippen LogP contribution in [0.1, 0.15) is 50.5 Å². The van der Waals surface area contributed by atoms with Gasteiger partial charge in [-0.15, -0.1) is 11.3 Å². The standard InChI is InChI=1S/C27H33N3O4S2/c1-16(2)21-14-20-22(15-34-21)36-24-23(20)26(32)30(18-8-10-19(33-4)11-9-18)27(28-24)35-17(3)25(31)29-12-6-5-7-13-29/h8-11,16-17,21H,5-7,12-15H2,1-4H3/t17-,21-/m0/s1. The van der Waals surface area contributed by atoms with E-state index in [4.69, 9.17) is 14.5 Å². The van der Waals surface area contributed by atoms with Crippen LogP contribution in [-0.2, 0) is 22.6 Å². The lowest BCUT2D eigenvalue weighted by atomic mass is 9.96. The summed E-state index contributed by atoms with van der Waals surface area (Å²) in [5, 5.41) is 0.870. The molecule has 1 aromatic carbocycles. The third-order valence-corrected chi connectivity index (χ3v) is 9.22. The molecule has 7 nitrogen and oxygen atoms in total. The van der Waals surface area contributed by atoms with Crippen molar-refractivity contribution in [3.05, 3.63) is 45.1 Å². The fourth-order valence-corrected chi connectivity index (χ4v) is 7.13. The van der Waals surface area contributed by atoms with Crippen molar-refractivity contribution in [1.29, 1.82) is 0 Å². The summed E-state index contributed by atoms with van der Waals surface area (Å²) in [5.74, 6) is 1.18. The number of piperidine rings is 1. The molecule has 1 fully saturated rings. The summed E-state index contributed by atoms with van der Waals surface area (Å²) in [6.45, 7) is 8.32. The maximum atomic E-state index is 14.1. The Morgan fingerprint density at radius 3 is 2.56 bits per heavy atom. The summed E-state index contributed by atoms with van der Waals surface area (Å²) < 4.78 is 13.1. The van der Waals surface area contributed by atoms with Crippen LogP contribution in [0.3, 0.4) is 0 Å². The number of methoxy groups -OCH3 is 1. The zero-order chi connectivity index (χ0) is 25.4. The van der Waals surface area contributed by atoms with Crippen molar-refractivity contribution >= 4 is 39.2 Å². The Balaban J connectivity index is 1.60. The molecular formula is C27H33N3O4S2. The Morgan fingerprint density at radius 1 is 1.17 bits per heavy atom. The van der Waals surface area contributed by atoms with Crippen molar-refractivity contribution in [3.63, 3.8) is 0 Å². The number of fused-ring (bicyclic) bond motifs is 3. The van der Waals surface area contributed by atoms with E-state index in [1.165, 1.54) is 29.5 Å². The number of likely N-dealkylation sites (tertiary alicyclic amines) is 1. The van der Waals surface area contributed by atoms with Gasteiger partial charge in [-0.1, -0.05) is 25.6 Å². The normalized spacial score (nSPS) is 18.9. The highest BCUT2D eigenvalue weighted by atomic mass is 32.2. The molecule has 3 aromatic rings. The van der Waals surface area contributed by atoms with Crippen LogP contribution in [-0.4, -0.2) is 51.9 Å². The van der Waals surface area contributed by atoms with Crippen LogP contribution in [0.25, 0.3) is 15.9 Å². The maximum Gasteiger partial charge on any atom is 0.267 e. The van der Waals surface area contributed by atoms with Crippen LogP contribution in [0.5, 0.6) is 5.75 Å². The van der Waals surface area contributed by atoms with E-state index >= 15 is 0 Å². The van der Waals surface area contributed by atoms with Gasteiger partial charge in [0.2, 0.25) is 5.91 Å². The van der Waals surface area contributed by atoms with Crippen molar-refractivity contribution in [1.82, 2.24) is 14.5 Å². The molecule has 4 heterocycles. The lowest BCUT2D eigenvalue weighted by Crippen LogP contribution is -2.40. The molecule has 9 heteroatoms. The second-order valence-corrected chi connectivity index (χ2v) is 12.3. The third-order valence-electron chi connectivity index (χ3n) is 7.08. The first-order valence-corrected chi connectivity index (χ1v) is 14.4. The number of nitrogens with zero attached hydrogens (tertiary/aromatic N) is 3. The first-order chi connectivity index (χ1) is 17.4. The minimum absolute atomic E-state index is 0.0837. The summed E-state index contributed by atoms with van der Waals surface area (Å²) in [4.78, 5) is 36.0. The molecule has 2 aliphatic heterocycles. The molecule has 2 aliphatic rings. The van der Waals surface area contributed by atoms with Crippen LogP contribution in [0.4, 0.5) is 0 Å². The highest BCUT2D eigenvalue weighted by Crippen LogP contribution is 2.37. The Hall–Kier alpha value is -2.36. The summed E-state index contributed by atoms with van der Waals surface area (Å²) in [6.07, 6.45) is 4.06. The SMILES string of the molecule is COc1ccc(-n2c(S[C@@H](C)C(=O)N3CCCCC3)nc3sc4c(c3c2=O)C[C@@H](C(C)C)OC4)cc1. The van der Waals surface area contributed by atoms with E-state index in [0.29, 0.717) is 40.9 Å².